The van der Waals surface area contributed by atoms with Gasteiger partial charge >= 0.3 is 0 Å². The predicted octanol–water partition coefficient (Wildman–Crippen LogP) is 0.995. The van der Waals surface area contributed by atoms with Crippen molar-refractivity contribution >= 4 is 12.6 Å². The molecule has 0 aromatic carbocycles. The SMILES string of the molecule is [CH]CC1CNCC(S)C1. The van der Waals surface area contributed by atoms with Crippen molar-refractivity contribution in [3.8, 4) is 0 Å². The summed E-state index contributed by atoms with van der Waals surface area (Å²) in [6.07, 6.45) is 1.97. The van der Waals surface area contributed by atoms with Gasteiger partial charge in [0, 0.05) is 11.8 Å². The summed E-state index contributed by atoms with van der Waals surface area (Å²) >= 11 is 4.36. The zero-order valence-corrected chi connectivity index (χ0v) is 6.40. The lowest BCUT2D eigenvalue weighted by molar-refractivity contribution is 0.389. The van der Waals surface area contributed by atoms with Gasteiger partial charge in [0.15, 0.2) is 0 Å². The van der Waals surface area contributed by atoms with E-state index in [4.69, 9.17) is 6.92 Å². The molecule has 52 valence electrons. The summed E-state index contributed by atoms with van der Waals surface area (Å²) in [7, 11) is 0. The van der Waals surface area contributed by atoms with E-state index in [1.54, 1.807) is 0 Å². The highest BCUT2D eigenvalue weighted by molar-refractivity contribution is 7.81. The molecule has 0 bridgehead atoms. The van der Waals surface area contributed by atoms with Gasteiger partial charge in [-0.15, -0.1) is 0 Å². The highest BCUT2D eigenvalue weighted by Gasteiger charge is 2.16. The molecule has 1 aliphatic heterocycles. The van der Waals surface area contributed by atoms with Crippen LogP contribution in [0.1, 0.15) is 12.8 Å². The van der Waals surface area contributed by atoms with E-state index in [2.05, 4.69) is 17.9 Å². The van der Waals surface area contributed by atoms with E-state index in [1.165, 1.54) is 6.42 Å². The second-order valence-corrected chi connectivity index (χ2v) is 3.38. The largest absolute Gasteiger partial charge is 0.315 e. The van der Waals surface area contributed by atoms with Crippen LogP contribution in [0.15, 0.2) is 0 Å². The zero-order valence-electron chi connectivity index (χ0n) is 5.51. The van der Waals surface area contributed by atoms with Crippen molar-refractivity contribution in [1.82, 2.24) is 5.32 Å². The summed E-state index contributed by atoms with van der Waals surface area (Å²) in [5.41, 5.74) is 0. The zero-order chi connectivity index (χ0) is 6.69. The molecule has 2 radical (unpaired) electrons. The quantitative estimate of drug-likeness (QED) is 0.522. The Morgan fingerprint density at radius 1 is 1.56 bits per heavy atom. The van der Waals surface area contributed by atoms with E-state index in [0.717, 1.165) is 19.5 Å². The summed E-state index contributed by atoms with van der Waals surface area (Å²) < 4.78 is 0. The predicted molar refractivity (Wildman–Crippen MR) is 42.7 cm³/mol. The second-order valence-electron chi connectivity index (χ2n) is 2.65. The highest BCUT2D eigenvalue weighted by atomic mass is 32.1. The van der Waals surface area contributed by atoms with E-state index < -0.39 is 0 Å². The lowest BCUT2D eigenvalue weighted by Crippen LogP contribution is -2.36. The maximum Gasteiger partial charge on any atom is 0.0145 e. The standard InChI is InChI=1S/C7H13NS/c1-2-6-3-7(9)5-8-4-6/h1,6-9H,2-5H2. The van der Waals surface area contributed by atoms with E-state index >= 15 is 0 Å². The Bertz CT molecular complexity index is 85.0. The van der Waals surface area contributed by atoms with Crippen LogP contribution >= 0.6 is 12.6 Å². The van der Waals surface area contributed by atoms with Gasteiger partial charge in [-0.25, -0.2) is 0 Å². The summed E-state index contributed by atoms with van der Waals surface area (Å²) in [6.45, 7) is 7.61. The van der Waals surface area contributed by atoms with Gasteiger partial charge in [0.25, 0.3) is 0 Å². The van der Waals surface area contributed by atoms with Crippen LogP contribution < -0.4 is 5.32 Å². The molecular formula is C7H13NS. The summed E-state index contributed by atoms with van der Waals surface area (Å²) in [6, 6.07) is 0. The van der Waals surface area contributed by atoms with Crippen LogP contribution in [0.4, 0.5) is 0 Å². The maximum absolute atomic E-state index is 5.49. The molecule has 1 saturated heterocycles. The number of hydrogen-bond donors (Lipinski definition) is 2. The first-order valence-electron chi connectivity index (χ1n) is 3.41. The minimum Gasteiger partial charge on any atom is -0.315 e. The number of nitrogens with one attached hydrogen (secondary N) is 1. The van der Waals surface area contributed by atoms with Gasteiger partial charge in [-0.2, -0.15) is 12.6 Å². The topological polar surface area (TPSA) is 12.0 Å². The maximum atomic E-state index is 5.49. The molecule has 2 heteroatoms. The number of hydrogen-bond acceptors (Lipinski definition) is 2. The van der Waals surface area contributed by atoms with Crippen LogP contribution in [-0.2, 0) is 0 Å². The fraction of sp³-hybridized carbons (Fsp3) is 0.857. The lowest BCUT2D eigenvalue weighted by atomic mass is 9.97. The van der Waals surface area contributed by atoms with Crippen LogP contribution in [-0.4, -0.2) is 18.3 Å². The minimum absolute atomic E-state index is 0.521. The van der Waals surface area contributed by atoms with E-state index in [9.17, 15) is 0 Å². The smallest absolute Gasteiger partial charge is 0.0145 e. The molecule has 0 aromatic rings. The second kappa shape index (κ2) is 3.47. The molecule has 1 rings (SSSR count). The van der Waals surface area contributed by atoms with Gasteiger partial charge in [-0.3, -0.25) is 0 Å². The van der Waals surface area contributed by atoms with E-state index in [-0.39, 0.29) is 0 Å². The molecule has 1 N–H and O–H groups in total. The summed E-state index contributed by atoms with van der Waals surface area (Å²) in [5.74, 6) is 0.654. The molecule has 9 heavy (non-hydrogen) atoms. The molecule has 1 fully saturated rings. The first kappa shape index (κ1) is 7.42. The molecule has 0 amide bonds. The Labute approximate surface area is 62.6 Å². The molecule has 2 atom stereocenters. The lowest BCUT2D eigenvalue weighted by Gasteiger charge is -2.25. The summed E-state index contributed by atoms with van der Waals surface area (Å²) in [5, 5.41) is 3.80. The Morgan fingerprint density at radius 3 is 2.78 bits per heavy atom. The number of rotatable bonds is 1. The van der Waals surface area contributed by atoms with Crippen LogP contribution in [0.5, 0.6) is 0 Å². The van der Waals surface area contributed by atoms with Crippen LogP contribution in [0.3, 0.4) is 0 Å². The molecule has 0 spiro atoms. The minimum atomic E-state index is 0.521. The fourth-order valence-corrected chi connectivity index (χ4v) is 1.61. The van der Waals surface area contributed by atoms with Crippen molar-refractivity contribution < 1.29 is 0 Å². The Morgan fingerprint density at radius 2 is 2.33 bits per heavy atom. The van der Waals surface area contributed by atoms with Gasteiger partial charge in [-0.05, 0) is 32.2 Å². The van der Waals surface area contributed by atoms with Crippen molar-refractivity contribution in [3.05, 3.63) is 6.92 Å². The average molecular weight is 143 g/mol. The molecule has 1 nitrogen and oxygen atoms in total. The third-order valence-electron chi connectivity index (χ3n) is 1.75. The third-order valence-corrected chi connectivity index (χ3v) is 2.15. The molecule has 0 aromatic heterocycles. The van der Waals surface area contributed by atoms with Crippen molar-refractivity contribution in [2.45, 2.75) is 18.1 Å². The van der Waals surface area contributed by atoms with Crippen molar-refractivity contribution in [2.24, 2.45) is 5.92 Å². The van der Waals surface area contributed by atoms with Crippen LogP contribution in [0, 0.1) is 12.8 Å². The van der Waals surface area contributed by atoms with Crippen molar-refractivity contribution in [2.75, 3.05) is 13.1 Å². The van der Waals surface area contributed by atoms with Gasteiger partial charge in [-0.1, -0.05) is 0 Å². The van der Waals surface area contributed by atoms with Gasteiger partial charge in [0.1, 0.15) is 0 Å². The Hall–Kier alpha value is 0.310. The average Bonchev–Trinajstić information content (AvgIpc) is 1.88. The Balaban J connectivity index is 2.23. The third kappa shape index (κ3) is 2.18. The molecule has 1 heterocycles. The normalized spacial score (nSPS) is 36.7. The van der Waals surface area contributed by atoms with Crippen molar-refractivity contribution in [3.63, 3.8) is 0 Å². The van der Waals surface area contributed by atoms with Gasteiger partial charge in [0.05, 0.1) is 0 Å². The molecule has 2 unspecified atom stereocenters. The fourth-order valence-electron chi connectivity index (χ4n) is 1.19. The molecule has 0 saturated carbocycles. The monoisotopic (exact) mass is 143 g/mol. The van der Waals surface area contributed by atoms with Gasteiger partial charge in [0.2, 0.25) is 0 Å². The van der Waals surface area contributed by atoms with Crippen molar-refractivity contribution in [1.29, 1.82) is 0 Å². The molecule has 1 aliphatic rings. The first-order valence-corrected chi connectivity index (χ1v) is 3.93. The molecular weight excluding hydrogens is 130 g/mol. The molecule has 0 aliphatic carbocycles. The highest BCUT2D eigenvalue weighted by Crippen LogP contribution is 2.16. The summed E-state index contributed by atoms with van der Waals surface area (Å²) in [4.78, 5) is 0. The number of piperidine rings is 1. The van der Waals surface area contributed by atoms with E-state index in [0.29, 0.717) is 11.2 Å². The van der Waals surface area contributed by atoms with Crippen LogP contribution in [0.2, 0.25) is 0 Å². The number of thiol groups is 1. The van der Waals surface area contributed by atoms with Gasteiger partial charge < -0.3 is 5.32 Å². The van der Waals surface area contributed by atoms with E-state index in [1.807, 2.05) is 0 Å². The van der Waals surface area contributed by atoms with Crippen LogP contribution in [0.25, 0.3) is 0 Å². The Kier molecular flexibility index (Phi) is 2.86. The first-order chi connectivity index (χ1) is 4.33.